The molecule has 0 aliphatic carbocycles. The van der Waals surface area contributed by atoms with Crippen molar-refractivity contribution in [3.8, 4) is 5.75 Å². The van der Waals surface area contributed by atoms with E-state index >= 15 is 0 Å². The van der Waals surface area contributed by atoms with Gasteiger partial charge < -0.3 is 15.0 Å². The Morgan fingerprint density at radius 1 is 0.875 bits per heavy atom. The molecule has 0 aliphatic rings. The zero-order valence-corrected chi connectivity index (χ0v) is 24.4. The number of sulfonamides is 1. The summed E-state index contributed by atoms with van der Waals surface area (Å²) in [7, 11) is -4.10. The average Bonchev–Trinajstić information content (AvgIpc) is 2.97. The second-order valence-corrected chi connectivity index (χ2v) is 11.4. The standard InChI is InChI=1S/C31H39N3O5S/c1-5-24(3)32-31(36)25(4)33(22-21-26-13-9-7-10-14-26)30(35)23-34(27-17-19-28(20-18-27)39-6-2)40(37,38)29-15-11-8-12-16-29/h7-20,24-25H,5-6,21-23H2,1-4H3,(H,32,36)/t24-,25+/m1/s1. The molecule has 0 radical (unpaired) electrons. The van der Waals surface area contributed by atoms with E-state index < -0.39 is 28.5 Å². The van der Waals surface area contributed by atoms with E-state index in [4.69, 9.17) is 4.74 Å². The van der Waals surface area contributed by atoms with Gasteiger partial charge in [0.1, 0.15) is 18.3 Å². The van der Waals surface area contributed by atoms with Crippen molar-refractivity contribution in [2.45, 2.75) is 57.5 Å². The van der Waals surface area contributed by atoms with Crippen molar-refractivity contribution in [2.75, 3.05) is 24.0 Å². The number of hydrogen-bond donors (Lipinski definition) is 1. The quantitative estimate of drug-likeness (QED) is 0.307. The van der Waals surface area contributed by atoms with Crippen LogP contribution in [0.4, 0.5) is 5.69 Å². The molecule has 0 aliphatic heterocycles. The van der Waals surface area contributed by atoms with Crippen LogP contribution < -0.4 is 14.4 Å². The molecule has 3 rings (SSSR count). The summed E-state index contributed by atoms with van der Waals surface area (Å²) < 4.78 is 34.2. The molecule has 0 aromatic heterocycles. The molecule has 1 N–H and O–H groups in total. The van der Waals surface area contributed by atoms with Crippen molar-refractivity contribution < 1.29 is 22.7 Å². The Bertz CT molecular complexity index is 1330. The Morgan fingerprint density at radius 2 is 1.48 bits per heavy atom. The molecule has 0 spiro atoms. The van der Waals surface area contributed by atoms with Gasteiger partial charge in [-0.1, -0.05) is 55.5 Å². The number of anilines is 1. The zero-order valence-electron chi connectivity index (χ0n) is 23.6. The summed E-state index contributed by atoms with van der Waals surface area (Å²) in [6, 6.07) is 23.4. The monoisotopic (exact) mass is 565 g/mol. The molecule has 0 heterocycles. The predicted octanol–water partition coefficient (Wildman–Crippen LogP) is 4.66. The van der Waals surface area contributed by atoms with Crippen LogP contribution in [0.2, 0.25) is 0 Å². The summed E-state index contributed by atoms with van der Waals surface area (Å²) in [5, 5.41) is 2.94. The molecule has 0 saturated carbocycles. The fraction of sp³-hybridized carbons (Fsp3) is 0.355. The summed E-state index contributed by atoms with van der Waals surface area (Å²) in [4.78, 5) is 28.5. The first-order valence-corrected chi connectivity index (χ1v) is 15.1. The van der Waals surface area contributed by atoms with Crippen LogP contribution >= 0.6 is 0 Å². The fourth-order valence-electron chi connectivity index (χ4n) is 4.16. The van der Waals surface area contributed by atoms with Gasteiger partial charge in [-0.15, -0.1) is 0 Å². The maximum atomic E-state index is 13.9. The number of rotatable bonds is 14. The first-order chi connectivity index (χ1) is 19.2. The van der Waals surface area contributed by atoms with Crippen molar-refractivity contribution in [1.82, 2.24) is 10.2 Å². The number of nitrogens with zero attached hydrogens (tertiary/aromatic N) is 2. The molecule has 2 amide bonds. The highest BCUT2D eigenvalue weighted by Gasteiger charge is 2.32. The SMILES string of the molecule is CCOc1ccc(N(CC(=O)N(CCc2ccccc2)[C@@H](C)C(=O)N[C@H](C)CC)S(=O)(=O)c2ccccc2)cc1. The van der Waals surface area contributed by atoms with E-state index in [1.807, 2.05) is 51.1 Å². The lowest BCUT2D eigenvalue weighted by atomic mass is 10.1. The molecule has 9 heteroatoms. The minimum atomic E-state index is -4.10. The van der Waals surface area contributed by atoms with E-state index in [1.165, 1.54) is 17.0 Å². The van der Waals surface area contributed by atoms with Crippen LogP contribution in [0.1, 0.15) is 39.7 Å². The second-order valence-electron chi connectivity index (χ2n) is 9.57. The van der Waals surface area contributed by atoms with Gasteiger partial charge in [-0.05, 0) is 75.6 Å². The minimum Gasteiger partial charge on any atom is -0.494 e. The zero-order chi connectivity index (χ0) is 29.1. The summed E-state index contributed by atoms with van der Waals surface area (Å²) in [6.07, 6.45) is 1.26. The van der Waals surface area contributed by atoms with Gasteiger partial charge in [0.15, 0.2) is 0 Å². The molecular weight excluding hydrogens is 526 g/mol. The van der Waals surface area contributed by atoms with Gasteiger partial charge in [-0.3, -0.25) is 13.9 Å². The van der Waals surface area contributed by atoms with Crippen LogP contribution in [0.25, 0.3) is 0 Å². The second kappa shape index (κ2) is 14.5. The molecule has 0 saturated heterocycles. The topological polar surface area (TPSA) is 96.0 Å². The maximum Gasteiger partial charge on any atom is 0.264 e. The molecular formula is C31H39N3O5S. The van der Waals surface area contributed by atoms with Crippen LogP contribution in [0.3, 0.4) is 0 Å². The van der Waals surface area contributed by atoms with Crippen molar-refractivity contribution in [2.24, 2.45) is 0 Å². The van der Waals surface area contributed by atoms with Gasteiger partial charge >= 0.3 is 0 Å². The largest absolute Gasteiger partial charge is 0.494 e. The molecule has 8 nitrogen and oxygen atoms in total. The number of amides is 2. The van der Waals surface area contributed by atoms with Gasteiger partial charge in [-0.25, -0.2) is 8.42 Å². The van der Waals surface area contributed by atoms with Gasteiger partial charge in [0.05, 0.1) is 17.2 Å². The third-order valence-electron chi connectivity index (χ3n) is 6.70. The van der Waals surface area contributed by atoms with Gasteiger partial charge in [-0.2, -0.15) is 0 Å². The highest BCUT2D eigenvalue weighted by Crippen LogP contribution is 2.26. The number of benzene rings is 3. The lowest BCUT2D eigenvalue weighted by Crippen LogP contribution is -2.53. The molecule has 40 heavy (non-hydrogen) atoms. The van der Waals surface area contributed by atoms with Crippen LogP contribution in [-0.4, -0.2) is 56.9 Å². The predicted molar refractivity (Wildman–Crippen MR) is 158 cm³/mol. The first kappa shape index (κ1) is 30.7. The molecule has 0 unspecified atom stereocenters. The Balaban J connectivity index is 1.96. The van der Waals surface area contributed by atoms with E-state index in [-0.39, 0.29) is 23.4 Å². The van der Waals surface area contributed by atoms with Crippen molar-refractivity contribution in [3.63, 3.8) is 0 Å². The number of hydrogen-bond acceptors (Lipinski definition) is 5. The number of carbonyl (C=O) groups is 2. The van der Waals surface area contributed by atoms with Crippen LogP contribution in [-0.2, 0) is 26.0 Å². The molecule has 3 aromatic carbocycles. The highest BCUT2D eigenvalue weighted by molar-refractivity contribution is 7.92. The third kappa shape index (κ3) is 8.08. The Hall–Kier alpha value is -3.85. The molecule has 214 valence electrons. The average molecular weight is 566 g/mol. The van der Waals surface area contributed by atoms with E-state index in [0.29, 0.717) is 24.5 Å². The molecule has 0 bridgehead atoms. The van der Waals surface area contributed by atoms with E-state index in [2.05, 4.69) is 5.32 Å². The Kier molecular flexibility index (Phi) is 11.1. The number of nitrogens with one attached hydrogen (secondary N) is 1. The molecule has 2 atom stereocenters. The third-order valence-corrected chi connectivity index (χ3v) is 8.49. The van der Waals surface area contributed by atoms with Crippen LogP contribution in [0, 0.1) is 0 Å². The Labute approximate surface area is 238 Å². The van der Waals surface area contributed by atoms with Crippen molar-refractivity contribution in [3.05, 3.63) is 90.5 Å². The van der Waals surface area contributed by atoms with Gasteiger partial charge in [0, 0.05) is 12.6 Å². The number of ether oxygens (including phenoxy) is 1. The van der Waals surface area contributed by atoms with Gasteiger partial charge in [0.2, 0.25) is 11.8 Å². The van der Waals surface area contributed by atoms with Crippen molar-refractivity contribution in [1.29, 1.82) is 0 Å². The summed E-state index contributed by atoms with van der Waals surface area (Å²) in [5.74, 6) is -0.167. The first-order valence-electron chi connectivity index (χ1n) is 13.6. The van der Waals surface area contributed by atoms with E-state index in [0.717, 1.165) is 16.3 Å². The van der Waals surface area contributed by atoms with Gasteiger partial charge in [0.25, 0.3) is 10.0 Å². The molecule has 3 aromatic rings. The highest BCUT2D eigenvalue weighted by atomic mass is 32.2. The van der Waals surface area contributed by atoms with E-state index in [1.54, 1.807) is 49.4 Å². The maximum absolute atomic E-state index is 13.9. The minimum absolute atomic E-state index is 0.0557. The van der Waals surface area contributed by atoms with Crippen LogP contribution in [0.15, 0.2) is 89.8 Å². The lowest BCUT2D eigenvalue weighted by Gasteiger charge is -2.32. The number of carbonyl (C=O) groups excluding carboxylic acids is 2. The molecule has 0 fully saturated rings. The van der Waals surface area contributed by atoms with E-state index in [9.17, 15) is 18.0 Å². The summed E-state index contributed by atoms with van der Waals surface area (Å²) in [5.41, 5.74) is 1.33. The van der Waals surface area contributed by atoms with Crippen LogP contribution in [0.5, 0.6) is 5.75 Å². The summed E-state index contributed by atoms with van der Waals surface area (Å²) >= 11 is 0. The lowest BCUT2D eigenvalue weighted by molar-refractivity contribution is -0.139. The summed E-state index contributed by atoms with van der Waals surface area (Å²) in [6.45, 7) is 7.66. The Morgan fingerprint density at radius 3 is 2.05 bits per heavy atom. The smallest absolute Gasteiger partial charge is 0.264 e. The van der Waals surface area contributed by atoms with Crippen molar-refractivity contribution >= 4 is 27.5 Å². The normalized spacial score (nSPS) is 12.7. The fourth-order valence-corrected chi connectivity index (χ4v) is 5.59.